The van der Waals surface area contributed by atoms with Gasteiger partial charge < -0.3 is 11.1 Å². The fourth-order valence-corrected chi connectivity index (χ4v) is 1.64. The predicted molar refractivity (Wildman–Crippen MR) is 48.6 cm³/mol. The molecule has 3 heteroatoms. The number of primary amides is 1. The topological polar surface area (TPSA) is 55.1 Å². The normalized spacial score (nSPS) is 25.3. The molecule has 1 atom stereocenters. The van der Waals surface area contributed by atoms with Crippen LogP contribution >= 0.6 is 0 Å². The van der Waals surface area contributed by atoms with E-state index in [0.29, 0.717) is 0 Å². The number of piperidine rings is 1. The van der Waals surface area contributed by atoms with Crippen LogP contribution in [0.3, 0.4) is 0 Å². The van der Waals surface area contributed by atoms with Gasteiger partial charge in [0.05, 0.1) is 5.41 Å². The second kappa shape index (κ2) is 3.44. The van der Waals surface area contributed by atoms with Gasteiger partial charge in [-0.05, 0) is 33.2 Å². The number of nitrogens with two attached hydrogens (primary N) is 1. The molecule has 0 saturated carbocycles. The highest BCUT2D eigenvalue weighted by Gasteiger charge is 2.35. The summed E-state index contributed by atoms with van der Waals surface area (Å²) in [7, 11) is 0. The van der Waals surface area contributed by atoms with Crippen LogP contribution in [-0.4, -0.2) is 18.5 Å². The van der Waals surface area contributed by atoms with Gasteiger partial charge in [-0.3, -0.25) is 4.79 Å². The molecule has 70 valence electrons. The summed E-state index contributed by atoms with van der Waals surface area (Å²) < 4.78 is 0. The molecule has 0 unspecified atom stereocenters. The number of amides is 1. The average molecular weight is 170 g/mol. The minimum absolute atomic E-state index is 0.207. The van der Waals surface area contributed by atoms with Gasteiger partial charge >= 0.3 is 0 Å². The molecule has 0 aromatic carbocycles. The van der Waals surface area contributed by atoms with Gasteiger partial charge in [0.25, 0.3) is 0 Å². The van der Waals surface area contributed by atoms with Crippen LogP contribution in [0.25, 0.3) is 0 Å². The lowest BCUT2D eigenvalue weighted by Gasteiger charge is -2.35. The van der Waals surface area contributed by atoms with E-state index in [1.165, 1.54) is 12.8 Å². The molecule has 12 heavy (non-hydrogen) atoms. The Balaban J connectivity index is 2.59. The van der Waals surface area contributed by atoms with E-state index in [1.54, 1.807) is 0 Å². The van der Waals surface area contributed by atoms with E-state index in [1.807, 2.05) is 13.8 Å². The first-order chi connectivity index (χ1) is 5.55. The fraction of sp³-hybridized carbons (Fsp3) is 0.889. The minimum atomic E-state index is -0.402. The second-order valence-electron chi connectivity index (χ2n) is 4.09. The number of hydrogen-bond donors (Lipinski definition) is 2. The van der Waals surface area contributed by atoms with Crippen molar-refractivity contribution in [2.24, 2.45) is 11.1 Å². The molecule has 1 amide bonds. The van der Waals surface area contributed by atoms with E-state index in [-0.39, 0.29) is 11.9 Å². The Bertz CT molecular complexity index is 171. The van der Waals surface area contributed by atoms with Crippen LogP contribution in [0.5, 0.6) is 0 Å². The molecule has 3 N–H and O–H groups in total. The predicted octanol–water partition coefficient (Wildman–Crippen LogP) is 0.640. The van der Waals surface area contributed by atoms with Crippen molar-refractivity contribution >= 4 is 5.91 Å². The van der Waals surface area contributed by atoms with E-state index in [0.717, 1.165) is 13.0 Å². The van der Waals surface area contributed by atoms with Gasteiger partial charge in [-0.15, -0.1) is 0 Å². The molecule has 1 rings (SSSR count). The summed E-state index contributed by atoms with van der Waals surface area (Å²) in [5, 5.41) is 3.34. The number of rotatable bonds is 2. The standard InChI is InChI=1S/C9H18N2O/c1-9(2,8(10)12)7-5-3-4-6-11-7/h7,11H,3-6H2,1-2H3,(H2,10,12)/t7-/m1/s1. The van der Waals surface area contributed by atoms with Gasteiger partial charge in [-0.2, -0.15) is 0 Å². The summed E-state index contributed by atoms with van der Waals surface area (Å²) in [5.74, 6) is -0.207. The summed E-state index contributed by atoms with van der Waals surface area (Å²) in [6.07, 6.45) is 3.48. The summed E-state index contributed by atoms with van der Waals surface area (Å²) >= 11 is 0. The Labute approximate surface area is 73.7 Å². The van der Waals surface area contributed by atoms with Crippen molar-refractivity contribution in [2.75, 3.05) is 6.54 Å². The lowest BCUT2D eigenvalue weighted by molar-refractivity contribution is -0.127. The lowest BCUT2D eigenvalue weighted by atomic mass is 9.79. The molecule has 1 aliphatic rings. The molecule has 0 spiro atoms. The Hall–Kier alpha value is -0.570. The van der Waals surface area contributed by atoms with Crippen LogP contribution < -0.4 is 11.1 Å². The Morgan fingerprint density at radius 3 is 2.58 bits per heavy atom. The SMILES string of the molecule is CC(C)(C(N)=O)[C@H]1CCCCN1. The van der Waals surface area contributed by atoms with E-state index in [4.69, 9.17) is 5.73 Å². The summed E-state index contributed by atoms with van der Waals surface area (Å²) in [5.41, 5.74) is 4.92. The van der Waals surface area contributed by atoms with Crippen molar-refractivity contribution in [3.63, 3.8) is 0 Å². The average Bonchev–Trinajstić information content (AvgIpc) is 2.06. The van der Waals surface area contributed by atoms with Gasteiger partial charge in [-0.1, -0.05) is 6.42 Å². The summed E-state index contributed by atoms with van der Waals surface area (Å²) in [4.78, 5) is 11.1. The number of carbonyl (C=O) groups excluding carboxylic acids is 1. The maximum absolute atomic E-state index is 11.1. The van der Waals surface area contributed by atoms with Crippen LogP contribution in [0.1, 0.15) is 33.1 Å². The second-order valence-corrected chi connectivity index (χ2v) is 4.09. The third kappa shape index (κ3) is 1.78. The summed E-state index contributed by atoms with van der Waals surface area (Å²) in [6, 6.07) is 0.267. The lowest BCUT2D eigenvalue weighted by Crippen LogP contribution is -2.51. The van der Waals surface area contributed by atoms with Crippen molar-refractivity contribution in [3.8, 4) is 0 Å². The van der Waals surface area contributed by atoms with Gasteiger partial charge in [0, 0.05) is 6.04 Å². The first-order valence-electron chi connectivity index (χ1n) is 4.58. The maximum atomic E-state index is 11.1. The van der Waals surface area contributed by atoms with Gasteiger partial charge in [0.15, 0.2) is 0 Å². The molecule has 0 aromatic heterocycles. The molecule has 1 saturated heterocycles. The molecule has 1 heterocycles. The van der Waals surface area contributed by atoms with Gasteiger partial charge in [0.1, 0.15) is 0 Å². The van der Waals surface area contributed by atoms with Crippen molar-refractivity contribution in [1.82, 2.24) is 5.32 Å². The fourth-order valence-electron chi connectivity index (χ4n) is 1.64. The molecule has 1 aliphatic heterocycles. The molecule has 3 nitrogen and oxygen atoms in total. The number of nitrogens with one attached hydrogen (secondary N) is 1. The first-order valence-corrected chi connectivity index (χ1v) is 4.58. The Morgan fingerprint density at radius 2 is 2.17 bits per heavy atom. The first kappa shape index (κ1) is 9.52. The molecule has 0 bridgehead atoms. The Kier molecular flexibility index (Phi) is 2.73. The highest BCUT2D eigenvalue weighted by molar-refractivity contribution is 5.80. The summed E-state index contributed by atoms with van der Waals surface area (Å²) in [6.45, 7) is 4.85. The zero-order valence-electron chi connectivity index (χ0n) is 7.89. The van der Waals surface area contributed by atoms with E-state index >= 15 is 0 Å². The molecule has 1 fully saturated rings. The number of hydrogen-bond acceptors (Lipinski definition) is 2. The highest BCUT2D eigenvalue weighted by atomic mass is 16.1. The van der Waals surface area contributed by atoms with E-state index in [2.05, 4.69) is 5.32 Å². The molecule has 0 aromatic rings. The third-order valence-corrected chi connectivity index (χ3v) is 2.82. The van der Waals surface area contributed by atoms with Crippen LogP contribution in [0, 0.1) is 5.41 Å². The van der Waals surface area contributed by atoms with Crippen molar-refractivity contribution in [2.45, 2.75) is 39.2 Å². The molecular formula is C9H18N2O. The molecule has 0 radical (unpaired) electrons. The largest absolute Gasteiger partial charge is 0.369 e. The highest BCUT2D eigenvalue weighted by Crippen LogP contribution is 2.25. The smallest absolute Gasteiger partial charge is 0.224 e. The van der Waals surface area contributed by atoms with Crippen molar-refractivity contribution < 1.29 is 4.79 Å². The van der Waals surface area contributed by atoms with Crippen LogP contribution in [-0.2, 0) is 4.79 Å². The third-order valence-electron chi connectivity index (χ3n) is 2.82. The number of carbonyl (C=O) groups is 1. The van der Waals surface area contributed by atoms with Crippen LogP contribution in [0.4, 0.5) is 0 Å². The Morgan fingerprint density at radius 1 is 1.50 bits per heavy atom. The molecular weight excluding hydrogens is 152 g/mol. The minimum Gasteiger partial charge on any atom is -0.369 e. The van der Waals surface area contributed by atoms with Crippen LogP contribution in [0.2, 0.25) is 0 Å². The van der Waals surface area contributed by atoms with Crippen molar-refractivity contribution in [3.05, 3.63) is 0 Å². The van der Waals surface area contributed by atoms with Gasteiger partial charge in [-0.25, -0.2) is 0 Å². The monoisotopic (exact) mass is 170 g/mol. The quantitative estimate of drug-likeness (QED) is 0.639. The maximum Gasteiger partial charge on any atom is 0.224 e. The van der Waals surface area contributed by atoms with E-state index < -0.39 is 5.41 Å². The van der Waals surface area contributed by atoms with Gasteiger partial charge in [0.2, 0.25) is 5.91 Å². The van der Waals surface area contributed by atoms with Crippen LogP contribution in [0.15, 0.2) is 0 Å². The zero-order chi connectivity index (χ0) is 9.19. The zero-order valence-corrected chi connectivity index (χ0v) is 7.89. The van der Waals surface area contributed by atoms with E-state index in [9.17, 15) is 4.79 Å². The van der Waals surface area contributed by atoms with Crippen molar-refractivity contribution in [1.29, 1.82) is 0 Å². The molecule has 0 aliphatic carbocycles.